The number of amides is 4. The zero-order chi connectivity index (χ0) is 18.7. The van der Waals surface area contributed by atoms with E-state index in [4.69, 9.17) is 5.73 Å². The summed E-state index contributed by atoms with van der Waals surface area (Å²) in [6.07, 6.45) is 3.95. The van der Waals surface area contributed by atoms with Crippen LogP contribution in [0.1, 0.15) is 39.1 Å². The zero-order valence-electron chi connectivity index (χ0n) is 14.2. The molecule has 4 amide bonds. The van der Waals surface area contributed by atoms with Gasteiger partial charge in [0.1, 0.15) is 6.04 Å². The van der Waals surface area contributed by atoms with Crippen LogP contribution in [0.4, 0.5) is 0 Å². The topological polar surface area (TPSA) is 122 Å². The van der Waals surface area contributed by atoms with Crippen LogP contribution in [0.5, 0.6) is 0 Å². The van der Waals surface area contributed by atoms with Gasteiger partial charge in [-0.2, -0.15) is 0 Å². The average molecular weight is 356 g/mol. The third-order valence-corrected chi connectivity index (χ3v) is 4.43. The molecular formula is C18H20N4O4. The molecule has 4 N–H and O–H groups in total. The fraction of sp³-hybridized carbons (Fsp3) is 0.333. The summed E-state index contributed by atoms with van der Waals surface area (Å²) in [5.41, 5.74) is 6.68. The van der Waals surface area contributed by atoms with Gasteiger partial charge in [-0.05, 0) is 18.1 Å². The van der Waals surface area contributed by atoms with Crippen LogP contribution in [0.25, 0.3) is 0 Å². The lowest BCUT2D eigenvalue weighted by Gasteiger charge is -2.27. The molecule has 1 aromatic carbocycles. The number of nitrogens with zero attached hydrogens (tertiary/aromatic N) is 1. The van der Waals surface area contributed by atoms with Crippen molar-refractivity contribution in [1.29, 1.82) is 0 Å². The number of imide groups is 2. The smallest absolute Gasteiger partial charge is 0.262 e. The lowest BCUT2D eigenvalue weighted by Crippen LogP contribution is -2.54. The van der Waals surface area contributed by atoms with E-state index in [-0.39, 0.29) is 18.4 Å². The standard InChI is InChI=1S/C18H20N4O4/c19-8-1-2-9-20-10-11-4-3-5-12-15(11)18(26)22(17(12)25)13-6-7-14(23)21-16(13)24/h1-5,13,20H,6-10,19H2,(H,21,23,24)/b2-1+. The molecule has 0 aliphatic carbocycles. The van der Waals surface area contributed by atoms with Gasteiger partial charge in [0.2, 0.25) is 11.8 Å². The van der Waals surface area contributed by atoms with E-state index in [2.05, 4.69) is 10.6 Å². The van der Waals surface area contributed by atoms with Crippen LogP contribution in [-0.2, 0) is 16.1 Å². The fourth-order valence-electron chi connectivity index (χ4n) is 3.20. The van der Waals surface area contributed by atoms with E-state index in [0.29, 0.717) is 30.8 Å². The number of fused-ring (bicyclic) bond motifs is 1. The molecule has 1 saturated heterocycles. The highest BCUT2D eigenvalue weighted by molar-refractivity contribution is 6.24. The summed E-state index contributed by atoms with van der Waals surface area (Å²) in [7, 11) is 0. The van der Waals surface area contributed by atoms with Crippen molar-refractivity contribution in [2.24, 2.45) is 5.73 Å². The Balaban J connectivity index is 1.81. The van der Waals surface area contributed by atoms with Crippen LogP contribution in [-0.4, -0.2) is 47.7 Å². The van der Waals surface area contributed by atoms with E-state index in [0.717, 1.165) is 4.90 Å². The molecule has 0 aromatic heterocycles. The molecule has 1 atom stereocenters. The second kappa shape index (κ2) is 7.59. The molecule has 2 aliphatic rings. The average Bonchev–Trinajstić information content (AvgIpc) is 2.87. The predicted molar refractivity (Wildman–Crippen MR) is 93.0 cm³/mol. The number of benzene rings is 1. The first-order valence-electron chi connectivity index (χ1n) is 8.44. The number of hydrogen-bond acceptors (Lipinski definition) is 6. The van der Waals surface area contributed by atoms with Gasteiger partial charge in [0.15, 0.2) is 0 Å². The quantitative estimate of drug-likeness (QED) is 0.365. The van der Waals surface area contributed by atoms with E-state index in [1.54, 1.807) is 18.2 Å². The Bertz CT molecular complexity index is 802. The Morgan fingerprint density at radius 3 is 2.73 bits per heavy atom. The van der Waals surface area contributed by atoms with Gasteiger partial charge in [-0.1, -0.05) is 24.3 Å². The van der Waals surface area contributed by atoms with Crippen molar-refractivity contribution < 1.29 is 19.2 Å². The van der Waals surface area contributed by atoms with Crippen molar-refractivity contribution in [2.45, 2.75) is 25.4 Å². The molecule has 2 aliphatic heterocycles. The first-order valence-corrected chi connectivity index (χ1v) is 8.44. The largest absolute Gasteiger partial charge is 0.327 e. The lowest BCUT2D eigenvalue weighted by atomic mass is 10.0. The number of nitrogens with two attached hydrogens (primary N) is 1. The van der Waals surface area contributed by atoms with Gasteiger partial charge >= 0.3 is 0 Å². The van der Waals surface area contributed by atoms with Crippen molar-refractivity contribution >= 4 is 23.6 Å². The number of nitrogens with one attached hydrogen (secondary N) is 2. The van der Waals surface area contributed by atoms with Gasteiger partial charge in [0.05, 0.1) is 11.1 Å². The summed E-state index contributed by atoms with van der Waals surface area (Å²) in [6.45, 7) is 1.44. The summed E-state index contributed by atoms with van der Waals surface area (Å²) in [5, 5.41) is 5.35. The molecule has 26 heavy (non-hydrogen) atoms. The fourth-order valence-corrected chi connectivity index (χ4v) is 3.20. The maximum Gasteiger partial charge on any atom is 0.262 e. The summed E-state index contributed by atoms with van der Waals surface area (Å²) < 4.78 is 0. The van der Waals surface area contributed by atoms with Crippen LogP contribution in [0.3, 0.4) is 0 Å². The monoisotopic (exact) mass is 356 g/mol. The molecule has 0 saturated carbocycles. The number of carbonyl (C=O) groups is 4. The molecule has 8 nitrogen and oxygen atoms in total. The lowest BCUT2D eigenvalue weighted by molar-refractivity contribution is -0.136. The predicted octanol–water partition coefficient (Wildman–Crippen LogP) is -0.308. The maximum absolute atomic E-state index is 12.9. The minimum absolute atomic E-state index is 0.103. The molecule has 1 fully saturated rings. The molecule has 0 bridgehead atoms. The molecule has 8 heteroatoms. The Morgan fingerprint density at radius 1 is 1.19 bits per heavy atom. The Kier molecular flexibility index (Phi) is 5.24. The minimum atomic E-state index is -0.951. The highest BCUT2D eigenvalue weighted by Crippen LogP contribution is 2.29. The number of piperidine rings is 1. The molecule has 1 unspecified atom stereocenters. The summed E-state index contributed by atoms with van der Waals surface area (Å²) in [5.74, 6) is -1.99. The first-order chi connectivity index (χ1) is 12.5. The van der Waals surface area contributed by atoms with Crippen LogP contribution in [0.15, 0.2) is 30.4 Å². The normalized spacial score (nSPS) is 20.0. The summed E-state index contributed by atoms with van der Waals surface area (Å²) >= 11 is 0. The number of rotatable bonds is 6. The van der Waals surface area contributed by atoms with Gasteiger partial charge < -0.3 is 11.1 Å². The van der Waals surface area contributed by atoms with Gasteiger partial charge in [-0.3, -0.25) is 29.4 Å². The Morgan fingerprint density at radius 2 is 2.00 bits per heavy atom. The Hall–Kier alpha value is -2.84. The van der Waals surface area contributed by atoms with Crippen LogP contribution >= 0.6 is 0 Å². The third kappa shape index (κ3) is 3.29. The van der Waals surface area contributed by atoms with Crippen LogP contribution in [0.2, 0.25) is 0 Å². The first kappa shape index (κ1) is 18.0. The summed E-state index contributed by atoms with van der Waals surface area (Å²) in [6, 6.07) is 4.12. The van der Waals surface area contributed by atoms with E-state index in [9.17, 15) is 19.2 Å². The second-order valence-electron chi connectivity index (χ2n) is 6.12. The molecule has 0 spiro atoms. The molecular weight excluding hydrogens is 336 g/mol. The molecule has 1 aromatic rings. The Labute approximate surface area is 150 Å². The van der Waals surface area contributed by atoms with Gasteiger partial charge in [-0.25, -0.2) is 0 Å². The zero-order valence-corrected chi connectivity index (χ0v) is 14.2. The van der Waals surface area contributed by atoms with Crippen molar-refractivity contribution in [3.63, 3.8) is 0 Å². The van der Waals surface area contributed by atoms with Gasteiger partial charge in [0.25, 0.3) is 11.8 Å². The SMILES string of the molecule is NC/C=C/CNCc1cccc2c1C(=O)N(C1CCC(=O)NC1=O)C2=O. The van der Waals surface area contributed by atoms with Crippen LogP contribution in [0, 0.1) is 0 Å². The summed E-state index contributed by atoms with van der Waals surface area (Å²) in [4.78, 5) is 49.9. The van der Waals surface area contributed by atoms with E-state index >= 15 is 0 Å². The van der Waals surface area contributed by atoms with E-state index in [1.165, 1.54) is 0 Å². The van der Waals surface area contributed by atoms with Crippen molar-refractivity contribution in [2.75, 3.05) is 13.1 Å². The molecule has 136 valence electrons. The van der Waals surface area contributed by atoms with Crippen molar-refractivity contribution in [3.05, 3.63) is 47.0 Å². The number of hydrogen-bond donors (Lipinski definition) is 3. The van der Waals surface area contributed by atoms with Crippen LogP contribution < -0.4 is 16.4 Å². The molecule has 3 rings (SSSR count). The van der Waals surface area contributed by atoms with Crippen molar-refractivity contribution in [3.8, 4) is 0 Å². The highest BCUT2D eigenvalue weighted by atomic mass is 16.2. The molecule has 0 radical (unpaired) electrons. The maximum atomic E-state index is 12.9. The van der Waals surface area contributed by atoms with E-state index < -0.39 is 29.7 Å². The molecule has 2 heterocycles. The minimum Gasteiger partial charge on any atom is -0.327 e. The van der Waals surface area contributed by atoms with E-state index in [1.807, 2.05) is 12.2 Å². The third-order valence-electron chi connectivity index (χ3n) is 4.43. The van der Waals surface area contributed by atoms with Gasteiger partial charge in [0, 0.05) is 26.1 Å². The van der Waals surface area contributed by atoms with Gasteiger partial charge in [-0.15, -0.1) is 0 Å². The van der Waals surface area contributed by atoms with Crippen molar-refractivity contribution in [1.82, 2.24) is 15.5 Å². The second-order valence-corrected chi connectivity index (χ2v) is 6.12. The number of carbonyl (C=O) groups excluding carboxylic acids is 4. The highest BCUT2D eigenvalue weighted by Gasteiger charge is 2.45.